The summed E-state index contributed by atoms with van der Waals surface area (Å²) in [5.41, 5.74) is 4.51. The molecule has 5 nitrogen and oxygen atoms in total. The van der Waals surface area contributed by atoms with Gasteiger partial charge in [-0.05, 0) is 42.7 Å². The van der Waals surface area contributed by atoms with Crippen molar-refractivity contribution in [1.29, 1.82) is 0 Å². The van der Waals surface area contributed by atoms with Crippen molar-refractivity contribution in [1.82, 2.24) is 5.43 Å². The summed E-state index contributed by atoms with van der Waals surface area (Å²) in [5.74, 6) is 1.02. The second kappa shape index (κ2) is 12.3. The summed E-state index contributed by atoms with van der Waals surface area (Å²) in [6.45, 7) is 6.13. The molecule has 0 bridgehead atoms. The molecule has 0 aromatic heterocycles. The molecule has 148 valence electrons. The fraction of sp³-hybridized carbons (Fsp3) is 0.304. The quantitative estimate of drug-likeness (QED) is 0.255. The van der Waals surface area contributed by atoms with Crippen molar-refractivity contribution in [2.24, 2.45) is 5.10 Å². The second-order valence-corrected chi connectivity index (χ2v) is 6.32. The lowest BCUT2D eigenvalue weighted by Crippen LogP contribution is -2.24. The average molecular weight is 380 g/mol. The maximum atomic E-state index is 11.9. The zero-order valence-electron chi connectivity index (χ0n) is 16.4. The summed E-state index contributed by atoms with van der Waals surface area (Å²) in [5, 5.41) is 3.97. The van der Waals surface area contributed by atoms with E-state index in [0.29, 0.717) is 18.1 Å². The van der Waals surface area contributed by atoms with Crippen LogP contribution in [0.5, 0.6) is 11.5 Å². The average Bonchev–Trinajstić information content (AvgIpc) is 2.72. The number of hydrazone groups is 1. The monoisotopic (exact) mass is 380 g/mol. The second-order valence-electron chi connectivity index (χ2n) is 6.32. The van der Waals surface area contributed by atoms with Crippen molar-refractivity contribution < 1.29 is 14.3 Å². The molecule has 0 saturated carbocycles. The van der Waals surface area contributed by atoms with Crippen LogP contribution < -0.4 is 14.9 Å². The van der Waals surface area contributed by atoms with Crippen molar-refractivity contribution in [2.45, 2.75) is 32.6 Å². The van der Waals surface area contributed by atoms with Gasteiger partial charge < -0.3 is 9.47 Å². The molecule has 1 N–H and O–H groups in total. The first-order valence-corrected chi connectivity index (χ1v) is 9.59. The molecule has 0 aliphatic heterocycles. The van der Waals surface area contributed by atoms with Crippen LogP contribution in [0.2, 0.25) is 0 Å². The first kappa shape index (κ1) is 21.2. The third kappa shape index (κ3) is 7.66. The molecular weight excluding hydrogens is 352 g/mol. The van der Waals surface area contributed by atoms with Crippen LogP contribution >= 0.6 is 0 Å². The normalized spacial score (nSPS) is 10.6. The number of nitrogens with one attached hydrogen (secondary N) is 1. The lowest BCUT2D eigenvalue weighted by Gasteiger charge is -2.07. The van der Waals surface area contributed by atoms with Crippen LogP contribution in [0.15, 0.2) is 66.3 Å². The van der Waals surface area contributed by atoms with E-state index in [-0.39, 0.29) is 12.5 Å². The van der Waals surface area contributed by atoms with E-state index in [1.165, 1.54) is 24.8 Å². The molecule has 0 unspecified atom stereocenters. The SMILES string of the molecule is C=CCOc1ccccc1C=NNC(=O)COc1ccc(CCCCC)cc1. The minimum absolute atomic E-state index is 0.0961. The summed E-state index contributed by atoms with van der Waals surface area (Å²) >= 11 is 0. The fourth-order valence-electron chi connectivity index (χ4n) is 2.55. The summed E-state index contributed by atoms with van der Waals surface area (Å²) in [4.78, 5) is 11.9. The van der Waals surface area contributed by atoms with Crippen LogP contribution in [0, 0.1) is 0 Å². The van der Waals surface area contributed by atoms with Crippen LogP contribution in [0.1, 0.15) is 37.3 Å². The zero-order chi connectivity index (χ0) is 20.0. The predicted molar refractivity (Wildman–Crippen MR) is 113 cm³/mol. The Bertz CT molecular complexity index is 770. The molecule has 0 atom stereocenters. The van der Waals surface area contributed by atoms with E-state index in [2.05, 4.69) is 24.0 Å². The van der Waals surface area contributed by atoms with E-state index in [1.807, 2.05) is 48.5 Å². The van der Waals surface area contributed by atoms with Gasteiger partial charge in [-0.2, -0.15) is 5.10 Å². The molecule has 0 heterocycles. The molecular formula is C23H28N2O3. The Hall–Kier alpha value is -3.08. The van der Waals surface area contributed by atoms with Crippen LogP contribution in [0.4, 0.5) is 0 Å². The number of rotatable bonds is 12. The number of hydrogen-bond acceptors (Lipinski definition) is 4. The number of unbranched alkanes of at least 4 members (excludes halogenated alkanes) is 2. The standard InChI is InChI=1S/C23H28N2O3/c1-3-5-6-9-19-12-14-21(15-13-19)28-18-23(26)25-24-17-20-10-7-8-11-22(20)27-16-4-2/h4,7-8,10-15,17H,2-3,5-6,9,16,18H2,1H3,(H,25,26). The van der Waals surface area contributed by atoms with Gasteiger partial charge in [-0.25, -0.2) is 5.43 Å². The highest BCUT2D eigenvalue weighted by Crippen LogP contribution is 2.16. The fourth-order valence-corrected chi connectivity index (χ4v) is 2.55. The number of para-hydroxylation sites is 1. The molecule has 1 amide bonds. The van der Waals surface area contributed by atoms with E-state index in [1.54, 1.807) is 12.3 Å². The highest BCUT2D eigenvalue weighted by atomic mass is 16.5. The highest BCUT2D eigenvalue weighted by Gasteiger charge is 2.03. The van der Waals surface area contributed by atoms with Crippen molar-refractivity contribution in [3.8, 4) is 11.5 Å². The van der Waals surface area contributed by atoms with Gasteiger partial charge in [-0.3, -0.25) is 4.79 Å². The van der Waals surface area contributed by atoms with Gasteiger partial charge in [-0.15, -0.1) is 0 Å². The van der Waals surface area contributed by atoms with Gasteiger partial charge in [0, 0.05) is 5.56 Å². The van der Waals surface area contributed by atoms with Gasteiger partial charge in [0.25, 0.3) is 5.91 Å². The lowest BCUT2D eigenvalue weighted by atomic mass is 10.1. The third-order valence-electron chi connectivity index (χ3n) is 4.03. The minimum atomic E-state index is -0.326. The van der Waals surface area contributed by atoms with E-state index < -0.39 is 0 Å². The maximum absolute atomic E-state index is 11.9. The first-order valence-electron chi connectivity index (χ1n) is 9.59. The summed E-state index contributed by atoms with van der Waals surface area (Å²) in [6, 6.07) is 15.3. The van der Waals surface area contributed by atoms with Crippen LogP contribution in [-0.4, -0.2) is 25.3 Å². The van der Waals surface area contributed by atoms with Crippen molar-refractivity contribution in [3.63, 3.8) is 0 Å². The van der Waals surface area contributed by atoms with Crippen molar-refractivity contribution in [2.75, 3.05) is 13.2 Å². The molecule has 0 aliphatic rings. The molecule has 2 rings (SSSR count). The molecule has 0 spiro atoms. The number of ether oxygens (including phenoxy) is 2. The number of carbonyl (C=O) groups excluding carboxylic acids is 1. The zero-order valence-corrected chi connectivity index (χ0v) is 16.4. The Morgan fingerprint density at radius 1 is 1.11 bits per heavy atom. The summed E-state index contributed by atoms with van der Waals surface area (Å²) < 4.78 is 11.0. The molecule has 2 aromatic carbocycles. The number of hydrogen-bond donors (Lipinski definition) is 1. The Balaban J connectivity index is 1.77. The number of amides is 1. The van der Waals surface area contributed by atoms with E-state index in [9.17, 15) is 4.79 Å². The highest BCUT2D eigenvalue weighted by molar-refractivity contribution is 5.85. The molecule has 28 heavy (non-hydrogen) atoms. The van der Waals surface area contributed by atoms with Gasteiger partial charge >= 0.3 is 0 Å². The number of carbonyl (C=O) groups is 1. The lowest BCUT2D eigenvalue weighted by molar-refractivity contribution is -0.123. The topological polar surface area (TPSA) is 59.9 Å². The maximum Gasteiger partial charge on any atom is 0.277 e. The van der Waals surface area contributed by atoms with Crippen LogP contribution in [0.3, 0.4) is 0 Å². The number of benzene rings is 2. The largest absolute Gasteiger partial charge is 0.489 e. The smallest absolute Gasteiger partial charge is 0.277 e. The van der Waals surface area contributed by atoms with E-state index in [4.69, 9.17) is 9.47 Å². The van der Waals surface area contributed by atoms with Crippen molar-refractivity contribution in [3.05, 3.63) is 72.3 Å². The van der Waals surface area contributed by atoms with Crippen LogP contribution in [0.25, 0.3) is 0 Å². The van der Waals surface area contributed by atoms with Gasteiger partial charge in [0.1, 0.15) is 18.1 Å². The molecule has 5 heteroatoms. The Kier molecular flexibility index (Phi) is 9.35. The van der Waals surface area contributed by atoms with E-state index in [0.717, 1.165) is 12.0 Å². The summed E-state index contributed by atoms with van der Waals surface area (Å²) in [7, 11) is 0. The van der Waals surface area contributed by atoms with Gasteiger partial charge in [-0.1, -0.05) is 56.7 Å². The Labute approximate surface area is 167 Å². The first-order chi connectivity index (χ1) is 13.7. The van der Waals surface area contributed by atoms with Gasteiger partial charge in [0.15, 0.2) is 6.61 Å². The molecule has 0 radical (unpaired) electrons. The number of aryl methyl sites for hydroxylation is 1. The van der Waals surface area contributed by atoms with Crippen molar-refractivity contribution >= 4 is 12.1 Å². The number of nitrogens with zero attached hydrogens (tertiary/aromatic N) is 1. The molecule has 2 aromatic rings. The van der Waals surface area contributed by atoms with E-state index >= 15 is 0 Å². The Morgan fingerprint density at radius 2 is 1.89 bits per heavy atom. The Morgan fingerprint density at radius 3 is 2.64 bits per heavy atom. The third-order valence-corrected chi connectivity index (χ3v) is 4.03. The molecule has 0 fully saturated rings. The minimum Gasteiger partial charge on any atom is -0.489 e. The molecule has 0 aliphatic carbocycles. The molecule has 0 saturated heterocycles. The van der Waals surface area contributed by atoms with Gasteiger partial charge in [0.2, 0.25) is 0 Å². The summed E-state index contributed by atoms with van der Waals surface area (Å²) in [6.07, 6.45) is 7.93. The predicted octanol–water partition coefficient (Wildman–Crippen LogP) is 4.51. The van der Waals surface area contributed by atoms with Crippen LogP contribution in [-0.2, 0) is 11.2 Å². The van der Waals surface area contributed by atoms with Gasteiger partial charge in [0.05, 0.1) is 6.21 Å².